The Morgan fingerprint density at radius 1 is 1.31 bits per heavy atom. The van der Waals surface area contributed by atoms with Gasteiger partial charge in [-0.05, 0) is 29.3 Å². The van der Waals surface area contributed by atoms with Crippen molar-refractivity contribution in [1.29, 1.82) is 0 Å². The molecular formula is C19H22FN3O2S. The molecule has 1 heterocycles. The molecule has 3 rings (SSSR count). The Hall–Kier alpha value is -2.09. The Balaban J connectivity index is 1.74. The molecule has 0 bridgehead atoms. The van der Waals surface area contributed by atoms with Crippen LogP contribution in [-0.4, -0.2) is 31.0 Å². The van der Waals surface area contributed by atoms with Crippen LogP contribution in [0.1, 0.15) is 12.5 Å². The van der Waals surface area contributed by atoms with Crippen LogP contribution in [0.25, 0.3) is 11.1 Å². The Morgan fingerprint density at radius 3 is 2.69 bits per heavy atom. The van der Waals surface area contributed by atoms with Crippen molar-refractivity contribution in [2.45, 2.75) is 19.6 Å². The van der Waals surface area contributed by atoms with Gasteiger partial charge in [0.1, 0.15) is 11.9 Å². The number of amides is 1. The van der Waals surface area contributed by atoms with Gasteiger partial charge in [0.25, 0.3) is 0 Å². The van der Waals surface area contributed by atoms with Crippen LogP contribution in [-0.2, 0) is 11.3 Å². The summed E-state index contributed by atoms with van der Waals surface area (Å²) in [4.78, 5) is 13.3. The smallest absolute Gasteiger partial charge is 0.414 e. The molecule has 1 amide bonds. The number of carbonyl (C=O) groups excluding carboxylic acids is 1. The minimum absolute atomic E-state index is 0.251. The fraction of sp³-hybridized carbons (Fsp3) is 0.316. The molecule has 1 aliphatic heterocycles. The first kappa shape index (κ1) is 18.7. The minimum atomic E-state index is -0.491. The highest BCUT2D eigenvalue weighted by Gasteiger charge is 2.31. The monoisotopic (exact) mass is 375 g/mol. The van der Waals surface area contributed by atoms with E-state index in [2.05, 4.69) is 11.6 Å². The molecule has 0 aromatic heterocycles. The lowest BCUT2D eigenvalue weighted by Gasteiger charge is -2.14. The fourth-order valence-corrected chi connectivity index (χ4v) is 3.27. The molecule has 26 heavy (non-hydrogen) atoms. The van der Waals surface area contributed by atoms with Crippen molar-refractivity contribution in [3.8, 4) is 11.1 Å². The predicted octanol–water partition coefficient (Wildman–Crippen LogP) is 3.53. The van der Waals surface area contributed by atoms with E-state index in [1.165, 1.54) is 11.0 Å². The maximum atomic E-state index is 14.6. The first-order chi connectivity index (χ1) is 12.6. The van der Waals surface area contributed by atoms with E-state index in [0.29, 0.717) is 17.8 Å². The Bertz CT molecular complexity index is 770. The van der Waals surface area contributed by atoms with Crippen LogP contribution in [0.3, 0.4) is 0 Å². The van der Waals surface area contributed by atoms with E-state index in [1.54, 1.807) is 24.1 Å². The van der Waals surface area contributed by atoms with Gasteiger partial charge in [0, 0.05) is 24.4 Å². The van der Waals surface area contributed by atoms with Crippen LogP contribution in [0.2, 0.25) is 0 Å². The van der Waals surface area contributed by atoms with Crippen molar-refractivity contribution < 1.29 is 13.9 Å². The molecule has 7 heteroatoms. The lowest BCUT2D eigenvalue weighted by Crippen LogP contribution is -2.27. The number of benzene rings is 2. The second-order valence-electron chi connectivity index (χ2n) is 5.97. The van der Waals surface area contributed by atoms with Gasteiger partial charge in [0.2, 0.25) is 0 Å². The number of anilines is 1. The highest BCUT2D eigenvalue weighted by Crippen LogP contribution is 2.29. The molecule has 2 aromatic rings. The average molecular weight is 375 g/mol. The predicted molar refractivity (Wildman–Crippen MR) is 103 cm³/mol. The van der Waals surface area contributed by atoms with Crippen molar-refractivity contribution in [3.05, 3.63) is 53.8 Å². The summed E-state index contributed by atoms with van der Waals surface area (Å²) in [5.74, 6) is 0.630. The molecule has 1 unspecified atom stereocenters. The van der Waals surface area contributed by atoms with Crippen LogP contribution in [0.5, 0.6) is 0 Å². The molecule has 1 atom stereocenters. The summed E-state index contributed by atoms with van der Waals surface area (Å²) in [6.07, 6.45) is -0.841. The largest absolute Gasteiger partial charge is 0.443 e. The van der Waals surface area contributed by atoms with Crippen molar-refractivity contribution in [3.63, 3.8) is 0 Å². The van der Waals surface area contributed by atoms with E-state index in [0.717, 1.165) is 23.4 Å². The van der Waals surface area contributed by atoms with Crippen molar-refractivity contribution in [1.82, 2.24) is 4.72 Å². The molecule has 5 nitrogen and oxygen atoms in total. The van der Waals surface area contributed by atoms with Crippen molar-refractivity contribution >= 4 is 23.7 Å². The highest BCUT2D eigenvalue weighted by molar-refractivity contribution is 7.97. The summed E-state index contributed by atoms with van der Waals surface area (Å²) in [5.41, 5.74) is 8.44. The number of cyclic esters (lactones) is 1. The topological polar surface area (TPSA) is 67.6 Å². The lowest BCUT2D eigenvalue weighted by atomic mass is 10.0. The van der Waals surface area contributed by atoms with E-state index in [4.69, 9.17) is 10.5 Å². The SMILES string of the molecule is CCSNCc1ccc(-c2ccc(N3CC(CN)OC3=O)cc2F)cc1. The zero-order valence-electron chi connectivity index (χ0n) is 14.6. The molecule has 0 spiro atoms. The first-order valence-corrected chi connectivity index (χ1v) is 9.52. The molecule has 0 aliphatic carbocycles. The summed E-state index contributed by atoms with van der Waals surface area (Å²) in [5, 5.41) is 0. The molecule has 2 aromatic carbocycles. The van der Waals surface area contributed by atoms with Gasteiger partial charge in [0.15, 0.2) is 0 Å². The van der Waals surface area contributed by atoms with E-state index in [-0.39, 0.29) is 18.5 Å². The summed E-state index contributed by atoms with van der Waals surface area (Å²) in [7, 11) is 0. The standard InChI is InChI=1S/C19H22FN3O2S/c1-2-26-22-11-13-3-5-14(6-4-13)17-8-7-15(9-18(17)20)23-12-16(10-21)25-19(23)24/h3-9,16,22H,2,10-12,21H2,1H3. The molecular weight excluding hydrogens is 353 g/mol. The van der Waals surface area contributed by atoms with Crippen molar-refractivity contribution in [2.24, 2.45) is 5.73 Å². The maximum Gasteiger partial charge on any atom is 0.414 e. The fourth-order valence-electron chi connectivity index (χ4n) is 2.80. The molecule has 3 N–H and O–H groups in total. The van der Waals surface area contributed by atoms with Gasteiger partial charge >= 0.3 is 6.09 Å². The number of nitrogens with zero attached hydrogens (tertiary/aromatic N) is 1. The van der Waals surface area contributed by atoms with Gasteiger partial charge in [-0.3, -0.25) is 9.62 Å². The van der Waals surface area contributed by atoms with Crippen LogP contribution in [0, 0.1) is 5.82 Å². The van der Waals surface area contributed by atoms with Gasteiger partial charge in [-0.25, -0.2) is 9.18 Å². The van der Waals surface area contributed by atoms with E-state index in [1.807, 2.05) is 24.3 Å². The quantitative estimate of drug-likeness (QED) is 0.572. The highest BCUT2D eigenvalue weighted by atomic mass is 32.2. The molecule has 0 radical (unpaired) electrons. The summed E-state index contributed by atoms with van der Waals surface area (Å²) >= 11 is 1.66. The van der Waals surface area contributed by atoms with Crippen molar-refractivity contribution in [2.75, 3.05) is 23.7 Å². The third-order valence-electron chi connectivity index (χ3n) is 4.19. The van der Waals surface area contributed by atoms with Gasteiger partial charge < -0.3 is 10.5 Å². The van der Waals surface area contributed by atoms with Crippen LogP contribution in [0.15, 0.2) is 42.5 Å². The second kappa shape index (κ2) is 8.53. The Morgan fingerprint density at radius 2 is 2.08 bits per heavy atom. The van der Waals surface area contributed by atoms with Gasteiger partial charge in [-0.1, -0.05) is 43.1 Å². The lowest BCUT2D eigenvalue weighted by molar-refractivity contribution is 0.145. The van der Waals surface area contributed by atoms with Crippen LogP contribution >= 0.6 is 11.9 Å². The van der Waals surface area contributed by atoms with E-state index < -0.39 is 6.09 Å². The maximum absolute atomic E-state index is 14.6. The zero-order valence-corrected chi connectivity index (χ0v) is 15.4. The van der Waals surface area contributed by atoms with Crippen LogP contribution < -0.4 is 15.4 Å². The number of hydrogen-bond donors (Lipinski definition) is 2. The number of ether oxygens (including phenoxy) is 1. The van der Waals surface area contributed by atoms with E-state index in [9.17, 15) is 9.18 Å². The van der Waals surface area contributed by atoms with Gasteiger partial charge in [0.05, 0.1) is 12.2 Å². The third-order valence-corrected chi connectivity index (χ3v) is 4.83. The minimum Gasteiger partial charge on any atom is -0.443 e. The number of nitrogens with one attached hydrogen (secondary N) is 1. The summed E-state index contributed by atoms with van der Waals surface area (Å²) in [6, 6.07) is 12.6. The number of hydrogen-bond acceptors (Lipinski definition) is 5. The Labute approximate surface area is 156 Å². The Kier molecular flexibility index (Phi) is 6.13. The summed E-state index contributed by atoms with van der Waals surface area (Å²) in [6.45, 7) is 3.44. The molecule has 1 fully saturated rings. The number of nitrogens with two attached hydrogens (primary N) is 1. The van der Waals surface area contributed by atoms with E-state index >= 15 is 0 Å². The molecule has 1 aliphatic rings. The first-order valence-electron chi connectivity index (χ1n) is 8.54. The van der Waals surface area contributed by atoms with Crippen LogP contribution in [0.4, 0.5) is 14.9 Å². The average Bonchev–Trinajstić information content (AvgIpc) is 3.03. The zero-order chi connectivity index (χ0) is 18.5. The number of halogens is 1. The normalized spacial score (nSPS) is 16.8. The number of carbonyl (C=O) groups is 1. The third kappa shape index (κ3) is 4.17. The molecule has 0 saturated carbocycles. The summed E-state index contributed by atoms with van der Waals surface area (Å²) < 4.78 is 23.0. The van der Waals surface area contributed by atoms with Gasteiger partial charge in [-0.2, -0.15) is 0 Å². The second-order valence-corrected chi connectivity index (χ2v) is 7.12. The van der Waals surface area contributed by atoms with Gasteiger partial charge in [-0.15, -0.1) is 0 Å². The molecule has 1 saturated heterocycles. The number of rotatable bonds is 7. The molecule has 138 valence electrons.